The van der Waals surface area contributed by atoms with Gasteiger partial charge in [-0.3, -0.25) is 0 Å². The van der Waals surface area contributed by atoms with Gasteiger partial charge in [-0.15, -0.1) is 0 Å². The summed E-state index contributed by atoms with van der Waals surface area (Å²) in [6.07, 6.45) is 0. The maximum atomic E-state index is 6.25. The van der Waals surface area contributed by atoms with Gasteiger partial charge in [0.25, 0.3) is 0 Å². The Balaban J connectivity index is -0.00000000225. The molecule has 0 bridgehead atoms. The van der Waals surface area contributed by atoms with Gasteiger partial charge in [-0.25, -0.2) is 0 Å². The zero-order valence-corrected chi connectivity index (χ0v) is 17.9. The summed E-state index contributed by atoms with van der Waals surface area (Å²) >= 11 is 0. The summed E-state index contributed by atoms with van der Waals surface area (Å²) in [5.74, 6) is 0. The van der Waals surface area contributed by atoms with E-state index in [1.807, 2.05) is 0 Å². The third-order valence-corrected chi connectivity index (χ3v) is 0. The molecule has 0 aromatic heterocycles. The Hall–Kier alpha value is 4.03. The fraction of sp³-hybridized carbons (Fsp3) is 0. The van der Waals surface area contributed by atoms with Crippen molar-refractivity contribution in [3.63, 3.8) is 0 Å². The Morgan fingerprint density at radius 2 is 0.500 bits per heavy atom. The van der Waals surface area contributed by atoms with Crippen molar-refractivity contribution in [3.05, 3.63) is 19.7 Å². The Labute approximate surface area is 203 Å². The van der Waals surface area contributed by atoms with Gasteiger partial charge in [0, 0.05) is 154 Å². The zero-order valence-electron chi connectivity index (χ0n) is 6.17. The van der Waals surface area contributed by atoms with Gasteiger partial charge in [0.05, 0.1) is 0 Å². The van der Waals surface area contributed by atoms with Crippen LogP contribution in [0, 0.1) is 35.5 Å². The summed E-state index contributed by atoms with van der Waals surface area (Å²) in [4.78, 5) is 0. The zero-order chi connectivity index (χ0) is 6.00. The molecule has 3 nitrogen and oxygen atoms in total. The summed E-state index contributed by atoms with van der Waals surface area (Å²) in [5.41, 5.74) is 0. The fourth-order valence-electron chi connectivity index (χ4n) is 0. The minimum Gasteiger partial charge on any atom is -0.512 e. The molecule has 0 heterocycles. The van der Waals surface area contributed by atoms with Gasteiger partial charge < -0.3 is 35.5 Å². The second-order valence-corrected chi connectivity index (χ2v) is 0. The van der Waals surface area contributed by atoms with Crippen LogP contribution in [0.25, 0.3) is 0 Å². The van der Waals surface area contributed by atoms with Gasteiger partial charge in [-0.2, -0.15) is 0 Å². The van der Waals surface area contributed by atoms with E-state index in [2.05, 4.69) is 0 Å². The van der Waals surface area contributed by atoms with Gasteiger partial charge in [0.2, 0.25) is 0 Å². The summed E-state index contributed by atoms with van der Waals surface area (Å²) < 4.78 is 0. The fourth-order valence-corrected chi connectivity index (χ4v) is 0. The minimum absolute atomic E-state index is 0. The van der Waals surface area contributed by atoms with Crippen molar-refractivity contribution in [1.29, 1.82) is 15.8 Å². The van der Waals surface area contributed by atoms with Crippen LogP contribution in [0.5, 0.6) is 0 Å². The SMILES string of the molecule is [C-]#N.[C-]#N.[C-]#N.[Ir+3].[K].[K].[K]. The first-order valence-corrected chi connectivity index (χ1v) is 0.671. The molecule has 39 valence electrons. The van der Waals surface area contributed by atoms with Crippen molar-refractivity contribution in [3.8, 4) is 0 Å². The summed E-state index contributed by atoms with van der Waals surface area (Å²) in [6.45, 7) is 14.2. The smallest absolute Gasteiger partial charge is 0.512 e. The molecule has 3 radical (unpaired) electrons. The van der Waals surface area contributed by atoms with Gasteiger partial charge >= 0.3 is 20.1 Å². The molecule has 10 heavy (non-hydrogen) atoms. The third-order valence-electron chi connectivity index (χ3n) is 0. The number of nitrogens with zero attached hydrogens (tertiary/aromatic N) is 3. The summed E-state index contributed by atoms with van der Waals surface area (Å²) in [5, 5.41) is 18.8. The Morgan fingerprint density at radius 3 is 0.500 bits per heavy atom. The minimum atomic E-state index is 0. The second-order valence-electron chi connectivity index (χ2n) is 0. The van der Waals surface area contributed by atoms with Crippen LogP contribution in [-0.4, -0.2) is 154 Å². The van der Waals surface area contributed by atoms with Gasteiger partial charge in [0.1, 0.15) is 0 Å². The molecule has 0 aliphatic rings. The number of hydrogen-bond acceptors (Lipinski definition) is 3. The molecule has 0 unspecified atom stereocenters. The quantitative estimate of drug-likeness (QED) is 0.401. The normalized spacial score (nSPS) is 0.600. The molecule has 0 rings (SSSR count). The van der Waals surface area contributed by atoms with Crippen molar-refractivity contribution in [2.24, 2.45) is 0 Å². The van der Waals surface area contributed by atoms with Crippen molar-refractivity contribution in [2.75, 3.05) is 0 Å². The molecular formula is C3IrK3N3. The topological polar surface area (TPSA) is 71.4 Å². The predicted molar refractivity (Wildman–Crippen MR) is 32.2 cm³/mol. The van der Waals surface area contributed by atoms with Crippen molar-refractivity contribution < 1.29 is 20.1 Å². The molecule has 0 amide bonds. The van der Waals surface area contributed by atoms with E-state index in [0.29, 0.717) is 0 Å². The molecule has 0 atom stereocenters. The van der Waals surface area contributed by atoms with E-state index < -0.39 is 0 Å². The molecule has 0 aliphatic carbocycles. The van der Waals surface area contributed by atoms with Crippen LogP contribution < -0.4 is 0 Å². The second kappa shape index (κ2) is 116. The molecule has 0 aliphatic heterocycles. The largest absolute Gasteiger partial charge is 3.00 e. The average molecular weight is 388 g/mol. The Kier molecular flexibility index (Phi) is 560. The van der Waals surface area contributed by atoms with Crippen molar-refractivity contribution in [2.45, 2.75) is 0 Å². The van der Waals surface area contributed by atoms with E-state index in [9.17, 15) is 0 Å². The van der Waals surface area contributed by atoms with Gasteiger partial charge in [-0.05, 0) is 0 Å². The van der Waals surface area contributed by atoms with Crippen LogP contribution in [0.15, 0.2) is 0 Å². The number of hydrogen-bond donors (Lipinski definition) is 0. The Morgan fingerprint density at radius 1 is 0.500 bits per heavy atom. The first-order valence-electron chi connectivity index (χ1n) is 0.671. The van der Waals surface area contributed by atoms with Crippen LogP contribution in [0.3, 0.4) is 0 Å². The molecule has 0 saturated heterocycles. The summed E-state index contributed by atoms with van der Waals surface area (Å²) in [6, 6.07) is 0. The molecule has 0 saturated carbocycles. The summed E-state index contributed by atoms with van der Waals surface area (Å²) in [7, 11) is 0. The Bertz CT molecular complexity index is 47.5. The molecule has 0 N–H and O–H groups in total. The van der Waals surface area contributed by atoms with Crippen LogP contribution in [0.2, 0.25) is 0 Å². The van der Waals surface area contributed by atoms with Crippen LogP contribution in [0.4, 0.5) is 0 Å². The molecular weight excluding hydrogens is 388 g/mol. The van der Waals surface area contributed by atoms with Crippen molar-refractivity contribution >= 4 is 154 Å². The number of rotatable bonds is 0. The van der Waals surface area contributed by atoms with Crippen molar-refractivity contribution in [1.82, 2.24) is 0 Å². The van der Waals surface area contributed by atoms with E-state index in [-0.39, 0.29) is 174 Å². The molecule has 0 aromatic rings. The van der Waals surface area contributed by atoms with E-state index in [0.717, 1.165) is 0 Å². The van der Waals surface area contributed by atoms with Gasteiger partial charge in [-0.1, -0.05) is 0 Å². The predicted octanol–water partition coefficient (Wildman–Crippen LogP) is -0.856. The molecule has 0 fully saturated rings. The van der Waals surface area contributed by atoms with Gasteiger partial charge in [0.15, 0.2) is 0 Å². The molecule has 0 spiro atoms. The maximum Gasteiger partial charge on any atom is 3.00 e. The van der Waals surface area contributed by atoms with Crippen LogP contribution in [0.1, 0.15) is 0 Å². The first kappa shape index (κ1) is 48.2. The third kappa shape index (κ3) is 90.1. The van der Waals surface area contributed by atoms with Crippen LogP contribution >= 0.6 is 0 Å². The average Bonchev–Trinajstić information content (AvgIpc) is 1.81. The van der Waals surface area contributed by atoms with E-state index in [1.165, 1.54) is 0 Å². The molecule has 7 heteroatoms. The van der Waals surface area contributed by atoms with E-state index in [4.69, 9.17) is 35.5 Å². The first-order chi connectivity index (χ1) is 3.00. The molecule has 0 aromatic carbocycles. The van der Waals surface area contributed by atoms with Crippen LogP contribution in [-0.2, 0) is 20.1 Å². The van der Waals surface area contributed by atoms with E-state index >= 15 is 0 Å². The standard InChI is InChI=1S/3CN.Ir.3K/c3*1-2;;;;/q3*-1;+3;;;. The van der Waals surface area contributed by atoms with E-state index in [1.54, 1.807) is 0 Å². The monoisotopic (exact) mass is 388 g/mol. The maximum absolute atomic E-state index is 6.25.